The second-order valence-electron chi connectivity index (χ2n) is 26.3. The lowest BCUT2D eigenvalue weighted by Crippen LogP contribution is -2.73. The average Bonchev–Trinajstić information content (AvgIpc) is 0.776. The number of carbonyl (C=O) groups excluding carboxylic acids is 4. The molecule has 20 nitrogen and oxygen atoms in total. The van der Waals surface area contributed by atoms with Gasteiger partial charge >= 0.3 is 0 Å². The number of amides is 3. The monoisotopic (exact) mass is 1370 g/mol. The number of nitrogens with one attached hydrogen (secondary N) is 3. The molecule has 2 aliphatic rings. The Kier molecular flexibility index (Phi) is 41.4. The van der Waals surface area contributed by atoms with Crippen LogP contribution in [0.2, 0.25) is 0 Å². The Morgan fingerprint density at radius 2 is 0.726 bits per heavy atom. The number of carbonyl (C=O) groups is 4. The van der Waals surface area contributed by atoms with Crippen molar-refractivity contribution in [1.82, 2.24) is 16.0 Å². The molecule has 2 fully saturated rings. The summed E-state index contributed by atoms with van der Waals surface area (Å²) < 4.78 is 57.0. The number of phosphoric acid groups is 2. The summed E-state index contributed by atoms with van der Waals surface area (Å²) in [4.78, 5) is 74.8. The molecule has 0 bridgehead atoms. The highest BCUT2D eigenvalue weighted by Gasteiger charge is 2.53. The summed E-state index contributed by atoms with van der Waals surface area (Å²) in [6.07, 6.45) is 32.3. The molecule has 2 saturated heterocycles. The van der Waals surface area contributed by atoms with E-state index < -0.39 is 107 Å². The third-order valence-electron chi connectivity index (χ3n) is 16.6. The molecule has 538 valence electrons. The lowest BCUT2D eigenvalue weighted by Gasteiger charge is -2.49. The van der Waals surface area contributed by atoms with Gasteiger partial charge < -0.3 is 64.6 Å². The fraction of sp³-hybridized carbons (Fsp3) is 0.644. The SMILES string of the molecule is CC(=O)N[C@@H]1[C@H](O[C@H]2[C@@H](O)[C@@H](C)OC(OP(=O)([O-])OP(=O)([O-])OC/C=C(/C)CC/C=C(/C)CC/C=C(/C)CC/C=C(/C)CC/C=C(/C)CC/C=C(/C)CC/C=C(/C)CC/C=C(/C)CC/C=C(\C)CC/C=C(\C)CCC=C(C)C)[C@@H]2NC(C)=O)O[C@H](C(=O)[O-])[C@@H](O)[C@@H]1NC(C)=O. The summed E-state index contributed by atoms with van der Waals surface area (Å²) in [7, 11) is -11.6. The Bertz CT molecular complexity index is 2910. The number of carboxylic acids is 1. The zero-order valence-electron chi connectivity index (χ0n) is 59.9. The van der Waals surface area contributed by atoms with Crippen molar-refractivity contribution in [2.45, 2.75) is 300 Å². The number of aliphatic hydroxyl groups excluding tert-OH is 2. The smallest absolute Gasteiger partial charge is 0.276 e. The van der Waals surface area contributed by atoms with Crippen LogP contribution in [0.1, 0.15) is 239 Å². The van der Waals surface area contributed by atoms with Crippen LogP contribution in [0.15, 0.2) is 128 Å². The maximum atomic E-state index is 13.2. The maximum absolute atomic E-state index is 13.2. The van der Waals surface area contributed by atoms with Crippen LogP contribution in [-0.2, 0) is 55.9 Å². The van der Waals surface area contributed by atoms with Crippen LogP contribution >= 0.6 is 15.6 Å². The molecule has 12 atom stereocenters. The van der Waals surface area contributed by atoms with Crippen LogP contribution in [0.5, 0.6) is 0 Å². The van der Waals surface area contributed by atoms with Crippen LogP contribution in [0.3, 0.4) is 0 Å². The predicted molar refractivity (Wildman–Crippen MR) is 370 cm³/mol. The molecule has 0 radical (unpaired) electrons. The normalized spacial score (nSPS) is 24.6. The van der Waals surface area contributed by atoms with Gasteiger partial charge in [0, 0.05) is 20.8 Å². The van der Waals surface area contributed by atoms with E-state index in [9.17, 15) is 53.4 Å². The third kappa shape index (κ3) is 38.1. The molecule has 0 aromatic rings. The van der Waals surface area contributed by atoms with Gasteiger partial charge in [-0.3, -0.25) is 28.0 Å². The van der Waals surface area contributed by atoms with Gasteiger partial charge in [0.15, 0.2) is 12.6 Å². The Morgan fingerprint density at radius 1 is 0.421 bits per heavy atom. The first kappa shape index (κ1) is 86.2. The molecule has 22 heteroatoms. The van der Waals surface area contributed by atoms with Gasteiger partial charge in [-0.15, -0.1) is 0 Å². The summed E-state index contributed by atoms with van der Waals surface area (Å²) in [5.74, 6) is -4.34. The summed E-state index contributed by atoms with van der Waals surface area (Å²) in [5, 5.41) is 41.0. The fourth-order valence-electron chi connectivity index (χ4n) is 10.9. The largest absolute Gasteiger partial charge is 0.756 e. The van der Waals surface area contributed by atoms with Gasteiger partial charge in [0.25, 0.3) is 15.6 Å². The van der Waals surface area contributed by atoms with E-state index in [0.29, 0.717) is 12.8 Å². The number of phosphoric ester groups is 2. The number of hydrogen-bond donors (Lipinski definition) is 5. The molecule has 2 aliphatic heterocycles. The first-order valence-corrected chi connectivity index (χ1v) is 36.7. The van der Waals surface area contributed by atoms with Gasteiger partial charge in [0.05, 0.1) is 24.7 Å². The van der Waals surface area contributed by atoms with Crippen molar-refractivity contribution < 1.29 is 81.0 Å². The van der Waals surface area contributed by atoms with Crippen molar-refractivity contribution in [1.29, 1.82) is 0 Å². The number of carboxylic acid groups (broad SMARTS) is 1. The summed E-state index contributed by atoms with van der Waals surface area (Å²) in [6, 6.07) is -4.99. The first-order valence-electron chi connectivity index (χ1n) is 33.8. The van der Waals surface area contributed by atoms with Crippen molar-refractivity contribution in [2.75, 3.05) is 6.61 Å². The third-order valence-corrected chi connectivity index (χ3v) is 19.1. The molecule has 3 amide bonds. The van der Waals surface area contributed by atoms with E-state index in [2.05, 4.69) is 157 Å². The van der Waals surface area contributed by atoms with E-state index in [-0.39, 0.29) is 0 Å². The van der Waals surface area contributed by atoms with Crippen molar-refractivity contribution in [3.63, 3.8) is 0 Å². The average molecular weight is 1370 g/mol. The molecule has 3 unspecified atom stereocenters. The second-order valence-corrected chi connectivity index (χ2v) is 29.2. The number of aliphatic carboxylic acids is 1. The van der Waals surface area contributed by atoms with E-state index in [4.69, 9.17) is 23.3 Å². The molecule has 5 N–H and O–H groups in total. The van der Waals surface area contributed by atoms with Gasteiger partial charge in [-0.1, -0.05) is 128 Å². The summed E-state index contributed by atoms with van der Waals surface area (Å²) in [5.41, 5.74) is 15.0. The highest BCUT2D eigenvalue weighted by Crippen LogP contribution is 2.57. The van der Waals surface area contributed by atoms with Gasteiger partial charge in [0.1, 0.15) is 36.5 Å². The summed E-state index contributed by atoms with van der Waals surface area (Å²) >= 11 is 0. The van der Waals surface area contributed by atoms with Crippen molar-refractivity contribution in [3.05, 3.63) is 128 Å². The molecule has 0 spiro atoms. The lowest BCUT2D eigenvalue weighted by molar-refractivity contribution is -0.347. The summed E-state index contributed by atoms with van der Waals surface area (Å²) in [6.45, 7) is 29.9. The van der Waals surface area contributed by atoms with E-state index >= 15 is 0 Å². The fourth-order valence-corrected chi connectivity index (χ4v) is 12.9. The Morgan fingerprint density at radius 3 is 1.04 bits per heavy atom. The van der Waals surface area contributed by atoms with E-state index in [1.165, 1.54) is 68.7 Å². The molecule has 0 aromatic heterocycles. The number of ether oxygens (including phenoxy) is 3. The Hall–Kier alpha value is -4.92. The second kappa shape index (κ2) is 45.6. The van der Waals surface area contributed by atoms with Crippen LogP contribution < -0.4 is 30.8 Å². The van der Waals surface area contributed by atoms with Gasteiger partial charge in [-0.2, -0.15) is 0 Å². The minimum Gasteiger partial charge on any atom is -0.756 e. The van der Waals surface area contributed by atoms with Crippen molar-refractivity contribution in [2.24, 2.45) is 0 Å². The number of allylic oxidation sites excluding steroid dienone is 21. The zero-order valence-corrected chi connectivity index (χ0v) is 61.7. The number of aliphatic hydroxyl groups is 2. The lowest BCUT2D eigenvalue weighted by atomic mass is 9.92. The van der Waals surface area contributed by atoms with Crippen LogP contribution in [0, 0.1) is 0 Å². The topological polar surface area (TPSA) is 304 Å². The van der Waals surface area contributed by atoms with Crippen LogP contribution in [-0.4, -0.2) is 102 Å². The van der Waals surface area contributed by atoms with Crippen LogP contribution in [0.25, 0.3) is 0 Å². The standard InChI is InChI=1S/C73H119N3O17P2/c1-49(2)27-17-28-50(3)29-18-30-51(4)31-19-32-52(5)33-20-34-53(6)35-21-36-54(7)37-22-38-55(8)39-23-40-56(9)41-24-42-57(10)43-25-44-58(11)45-26-46-59(12)47-48-88-94(84,85)93-95(86,87)92-73-66(76-63(16)79)69(67(80)60(13)89-73)90-72-65(75-62(15)78)64(74-61(14)77)68(81)70(91-72)71(82)83/h27,29,31,33,35,37,39,41,43,45,47,60,64-70,72-73,80-81H,17-26,28,30,32,34,36,38,40,42,44,46,48H2,1-16H3,(H,74,77)(H,75,78)(H,76,79)(H,82,83)(H,84,85)(H,86,87)/p-3/b50-29+,51-31+,52-33-,53-35-,54-37-,55-39-,56-41-,57-43-,58-45-,59-47-/t60-,64-,65+,66-,67+,68+,69-,70+,72-,73?/m1/s1. The predicted octanol–water partition coefficient (Wildman–Crippen LogP) is 13.0. The molecular formula is C73H116N3O17P2-3. The molecular weight excluding hydrogens is 1250 g/mol. The minimum absolute atomic E-state index is 0.560. The maximum Gasteiger partial charge on any atom is 0.276 e. The molecule has 0 aromatic carbocycles. The van der Waals surface area contributed by atoms with Crippen molar-refractivity contribution >= 4 is 39.3 Å². The van der Waals surface area contributed by atoms with Gasteiger partial charge in [-0.25, -0.2) is 4.31 Å². The molecule has 2 rings (SSSR count). The Balaban J connectivity index is 1.76. The number of hydrogen-bond acceptors (Lipinski definition) is 17. The minimum atomic E-state index is -5.97. The highest BCUT2D eigenvalue weighted by molar-refractivity contribution is 7.59. The molecule has 95 heavy (non-hydrogen) atoms. The van der Waals surface area contributed by atoms with Crippen molar-refractivity contribution in [3.8, 4) is 0 Å². The molecule has 2 heterocycles. The zero-order chi connectivity index (χ0) is 71.4. The van der Waals surface area contributed by atoms with E-state index in [0.717, 1.165) is 142 Å². The molecule has 0 aliphatic carbocycles. The van der Waals surface area contributed by atoms with Crippen LogP contribution in [0.4, 0.5) is 0 Å². The first-order chi connectivity index (χ1) is 44.6. The van der Waals surface area contributed by atoms with E-state index in [1.807, 2.05) is 0 Å². The highest BCUT2D eigenvalue weighted by atomic mass is 31.3. The number of rotatable bonds is 43. The Labute approximate surface area is 568 Å². The van der Waals surface area contributed by atoms with Gasteiger partial charge in [0.2, 0.25) is 17.7 Å². The molecule has 0 saturated carbocycles. The van der Waals surface area contributed by atoms with Gasteiger partial charge in [-0.05, 0) is 218 Å². The van der Waals surface area contributed by atoms with E-state index in [1.54, 1.807) is 6.92 Å². The quantitative estimate of drug-likeness (QED) is 0.0280.